The fourth-order valence-electron chi connectivity index (χ4n) is 4.30. The first-order chi connectivity index (χ1) is 12.8. The number of carbonyl (C=O) groups is 1. The average molecular weight is 351 g/mol. The maximum atomic E-state index is 12.3. The molecule has 1 fully saturated rings. The molecule has 2 aromatic carbocycles. The van der Waals surface area contributed by atoms with Crippen LogP contribution in [0.15, 0.2) is 48.5 Å². The van der Waals surface area contributed by atoms with Gasteiger partial charge in [0.05, 0.1) is 0 Å². The third-order valence-electron chi connectivity index (χ3n) is 5.77. The second kappa shape index (κ2) is 7.50. The number of hydrogen-bond acceptors (Lipinski definition) is 3. The molecule has 0 heterocycles. The van der Waals surface area contributed by atoms with Crippen molar-refractivity contribution in [3.05, 3.63) is 59.7 Å². The SMILES string of the molecule is O=C(NC1CCC(CO)CC1)OCC1c2ccccc2-c2ccccc21. The number of rotatable bonds is 4. The number of fused-ring (bicyclic) bond motifs is 3. The molecule has 1 amide bonds. The lowest BCUT2D eigenvalue weighted by Crippen LogP contribution is -2.38. The summed E-state index contributed by atoms with van der Waals surface area (Å²) in [7, 11) is 0. The first-order valence-electron chi connectivity index (χ1n) is 9.48. The van der Waals surface area contributed by atoms with Gasteiger partial charge in [-0.05, 0) is 53.9 Å². The molecule has 0 bridgehead atoms. The van der Waals surface area contributed by atoms with Crippen LogP contribution in [0.25, 0.3) is 11.1 Å². The Labute approximate surface area is 154 Å². The van der Waals surface area contributed by atoms with Gasteiger partial charge >= 0.3 is 6.09 Å². The lowest BCUT2D eigenvalue weighted by atomic mass is 9.87. The first-order valence-corrected chi connectivity index (χ1v) is 9.48. The van der Waals surface area contributed by atoms with Crippen molar-refractivity contribution >= 4 is 6.09 Å². The minimum Gasteiger partial charge on any atom is -0.449 e. The topological polar surface area (TPSA) is 58.6 Å². The molecule has 2 N–H and O–H groups in total. The molecule has 1 saturated carbocycles. The number of carbonyl (C=O) groups excluding carboxylic acids is 1. The van der Waals surface area contributed by atoms with E-state index in [1.807, 2.05) is 24.3 Å². The maximum absolute atomic E-state index is 12.3. The third kappa shape index (κ3) is 3.34. The van der Waals surface area contributed by atoms with E-state index < -0.39 is 0 Å². The van der Waals surface area contributed by atoms with Crippen LogP contribution in [-0.4, -0.2) is 30.5 Å². The molecule has 26 heavy (non-hydrogen) atoms. The van der Waals surface area contributed by atoms with Crippen LogP contribution in [0, 0.1) is 5.92 Å². The van der Waals surface area contributed by atoms with Crippen molar-refractivity contribution in [2.24, 2.45) is 5.92 Å². The van der Waals surface area contributed by atoms with Gasteiger partial charge in [0.25, 0.3) is 0 Å². The van der Waals surface area contributed by atoms with Crippen molar-refractivity contribution in [2.45, 2.75) is 37.6 Å². The fourth-order valence-corrected chi connectivity index (χ4v) is 4.30. The van der Waals surface area contributed by atoms with Crippen LogP contribution in [0.5, 0.6) is 0 Å². The predicted molar refractivity (Wildman–Crippen MR) is 101 cm³/mol. The summed E-state index contributed by atoms with van der Waals surface area (Å²) >= 11 is 0. The molecule has 4 heteroatoms. The van der Waals surface area contributed by atoms with Crippen molar-refractivity contribution in [3.8, 4) is 11.1 Å². The maximum Gasteiger partial charge on any atom is 0.407 e. The number of ether oxygens (including phenoxy) is 1. The summed E-state index contributed by atoms with van der Waals surface area (Å²) in [4.78, 5) is 12.3. The van der Waals surface area contributed by atoms with Gasteiger partial charge in [-0.3, -0.25) is 0 Å². The Kier molecular flexibility index (Phi) is 4.93. The van der Waals surface area contributed by atoms with E-state index in [-0.39, 0.29) is 24.7 Å². The third-order valence-corrected chi connectivity index (χ3v) is 5.77. The van der Waals surface area contributed by atoms with Gasteiger partial charge in [0.15, 0.2) is 0 Å². The van der Waals surface area contributed by atoms with Gasteiger partial charge in [-0.1, -0.05) is 48.5 Å². The van der Waals surface area contributed by atoms with Gasteiger partial charge in [-0.25, -0.2) is 4.79 Å². The number of alkyl carbamates (subject to hydrolysis) is 1. The van der Waals surface area contributed by atoms with Crippen LogP contribution in [0.1, 0.15) is 42.7 Å². The highest BCUT2D eigenvalue weighted by atomic mass is 16.5. The Bertz CT molecular complexity index is 735. The van der Waals surface area contributed by atoms with Gasteiger partial charge in [0.1, 0.15) is 6.61 Å². The molecule has 0 spiro atoms. The lowest BCUT2D eigenvalue weighted by molar-refractivity contribution is 0.129. The standard InChI is InChI=1S/C22H25NO3/c24-13-15-9-11-16(12-10-15)23-22(25)26-14-21-19-7-3-1-5-17(19)18-6-2-4-8-20(18)21/h1-8,15-16,21,24H,9-14H2,(H,23,25). The molecule has 0 radical (unpaired) electrons. The highest BCUT2D eigenvalue weighted by Gasteiger charge is 2.29. The van der Waals surface area contributed by atoms with E-state index in [0.29, 0.717) is 12.5 Å². The van der Waals surface area contributed by atoms with E-state index >= 15 is 0 Å². The molecule has 2 aromatic rings. The zero-order valence-corrected chi connectivity index (χ0v) is 14.9. The summed E-state index contributed by atoms with van der Waals surface area (Å²) in [5, 5.41) is 12.2. The first kappa shape index (κ1) is 17.1. The quantitative estimate of drug-likeness (QED) is 0.873. The summed E-state index contributed by atoms with van der Waals surface area (Å²) < 4.78 is 5.60. The second-order valence-electron chi connectivity index (χ2n) is 7.37. The largest absolute Gasteiger partial charge is 0.449 e. The highest BCUT2D eigenvalue weighted by Crippen LogP contribution is 2.44. The van der Waals surface area contributed by atoms with E-state index in [9.17, 15) is 9.90 Å². The Morgan fingerprint density at radius 2 is 1.54 bits per heavy atom. The van der Waals surface area contributed by atoms with E-state index in [2.05, 4.69) is 29.6 Å². The molecule has 0 aliphatic heterocycles. The molecule has 2 aliphatic carbocycles. The number of benzene rings is 2. The zero-order chi connectivity index (χ0) is 17.9. The molecular weight excluding hydrogens is 326 g/mol. The number of amides is 1. The summed E-state index contributed by atoms with van der Waals surface area (Å²) in [5.41, 5.74) is 4.92. The van der Waals surface area contributed by atoms with Crippen LogP contribution in [-0.2, 0) is 4.74 Å². The van der Waals surface area contributed by atoms with Crippen molar-refractivity contribution < 1.29 is 14.6 Å². The average Bonchev–Trinajstić information content (AvgIpc) is 3.01. The fraction of sp³-hybridized carbons (Fsp3) is 0.409. The Morgan fingerprint density at radius 3 is 2.12 bits per heavy atom. The van der Waals surface area contributed by atoms with Crippen molar-refractivity contribution in [2.75, 3.05) is 13.2 Å². The molecule has 0 saturated heterocycles. The minimum atomic E-state index is -0.334. The van der Waals surface area contributed by atoms with E-state index in [1.54, 1.807) is 0 Å². The Balaban J connectivity index is 1.38. The highest BCUT2D eigenvalue weighted by molar-refractivity contribution is 5.79. The number of nitrogens with one attached hydrogen (secondary N) is 1. The van der Waals surface area contributed by atoms with Crippen molar-refractivity contribution in [1.82, 2.24) is 5.32 Å². The summed E-state index contributed by atoms with van der Waals surface area (Å²) in [5.74, 6) is 0.480. The van der Waals surface area contributed by atoms with E-state index in [1.165, 1.54) is 22.3 Å². The molecule has 4 rings (SSSR count). The number of aliphatic hydroxyl groups excluding tert-OH is 1. The van der Waals surface area contributed by atoms with Crippen LogP contribution < -0.4 is 5.32 Å². The Morgan fingerprint density at radius 1 is 0.962 bits per heavy atom. The lowest BCUT2D eigenvalue weighted by Gasteiger charge is -2.27. The molecule has 4 nitrogen and oxygen atoms in total. The smallest absolute Gasteiger partial charge is 0.407 e. The van der Waals surface area contributed by atoms with E-state index in [0.717, 1.165) is 25.7 Å². The zero-order valence-electron chi connectivity index (χ0n) is 14.9. The van der Waals surface area contributed by atoms with Crippen LogP contribution in [0.4, 0.5) is 4.79 Å². The molecule has 0 atom stereocenters. The second-order valence-corrected chi connectivity index (χ2v) is 7.37. The van der Waals surface area contributed by atoms with Gasteiger partial charge in [0.2, 0.25) is 0 Å². The predicted octanol–water partition coefficient (Wildman–Crippen LogP) is 4.08. The molecule has 136 valence electrons. The molecule has 0 unspecified atom stereocenters. The Hall–Kier alpha value is -2.33. The normalized spacial score (nSPS) is 21.7. The van der Waals surface area contributed by atoms with Crippen LogP contribution in [0.2, 0.25) is 0 Å². The molecule has 0 aromatic heterocycles. The number of aliphatic hydroxyl groups is 1. The van der Waals surface area contributed by atoms with E-state index in [4.69, 9.17) is 4.74 Å². The van der Waals surface area contributed by atoms with Gasteiger partial charge in [-0.2, -0.15) is 0 Å². The van der Waals surface area contributed by atoms with Crippen molar-refractivity contribution in [3.63, 3.8) is 0 Å². The van der Waals surface area contributed by atoms with Gasteiger partial charge in [-0.15, -0.1) is 0 Å². The molecule has 2 aliphatic rings. The number of hydrogen-bond donors (Lipinski definition) is 2. The van der Waals surface area contributed by atoms with Crippen molar-refractivity contribution in [1.29, 1.82) is 0 Å². The van der Waals surface area contributed by atoms with Crippen LogP contribution in [0.3, 0.4) is 0 Å². The monoisotopic (exact) mass is 351 g/mol. The van der Waals surface area contributed by atoms with Crippen LogP contribution >= 0.6 is 0 Å². The summed E-state index contributed by atoms with van der Waals surface area (Å²) in [6.45, 7) is 0.601. The van der Waals surface area contributed by atoms with Gasteiger partial charge in [0, 0.05) is 18.6 Å². The van der Waals surface area contributed by atoms with Gasteiger partial charge < -0.3 is 15.2 Å². The molecular formula is C22H25NO3. The minimum absolute atomic E-state index is 0.0956. The summed E-state index contributed by atoms with van der Waals surface area (Å²) in [6, 6.07) is 16.8. The summed E-state index contributed by atoms with van der Waals surface area (Å²) in [6.07, 6.45) is 3.42.